The van der Waals surface area contributed by atoms with E-state index in [-0.39, 0.29) is 5.56 Å². The summed E-state index contributed by atoms with van der Waals surface area (Å²) in [6.07, 6.45) is 3.70. The van der Waals surface area contributed by atoms with Gasteiger partial charge in [0.25, 0.3) is 5.56 Å². The van der Waals surface area contributed by atoms with Crippen LogP contribution in [-0.4, -0.2) is 9.55 Å². The Hall–Kier alpha value is -2.88. The van der Waals surface area contributed by atoms with Gasteiger partial charge in [-0.15, -0.1) is 0 Å². The van der Waals surface area contributed by atoms with E-state index in [0.29, 0.717) is 32.5 Å². The van der Waals surface area contributed by atoms with Gasteiger partial charge in [0.15, 0.2) is 0 Å². The third-order valence-corrected chi connectivity index (χ3v) is 4.76. The van der Waals surface area contributed by atoms with Gasteiger partial charge in [-0.1, -0.05) is 65.7 Å². The van der Waals surface area contributed by atoms with Crippen LogP contribution in [0, 0.1) is 0 Å². The van der Waals surface area contributed by atoms with Crippen molar-refractivity contribution in [3.63, 3.8) is 0 Å². The first kappa shape index (κ1) is 17.5. The van der Waals surface area contributed by atoms with E-state index >= 15 is 0 Å². The second-order valence-electron chi connectivity index (χ2n) is 5.96. The molecule has 0 atom stereocenters. The molecule has 0 amide bonds. The lowest BCUT2D eigenvalue weighted by Crippen LogP contribution is -2.22. The van der Waals surface area contributed by atoms with Crippen molar-refractivity contribution in [2.24, 2.45) is 0 Å². The van der Waals surface area contributed by atoms with Crippen molar-refractivity contribution in [3.8, 4) is 5.69 Å². The Kier molecular flexibility index (Phi) is 4.80. The van der Waals surface area contributed by atoms with E-state index in [1.807, 2.05) is 60.7 Å². The first-order valence-electron chi connectivity index (χ1n) is 8.34. The topological polar surface area (TPSA) is 34.9 Å². The van der Waals surface area contributed by atoms with Crippen molar-refractivity contribution in [2.45, 2.75) is 0 Å². The Morgan fingerprint density at radius 3 is 2.30 bits per heavy atom. The molecule has 27 heavy (non-hydrogen) atoms. The Morgan fingerprint density at radius 2 is 1.52 bits per heavy atom. The highest BCUT2D eigenvalue weighted by molar-refractivity contribution is 6.32. The van der Waals surface area contributed by atoms with Crippen LogP contribution in [-0.2, 0) is 0 Å². The van der Waals surface area contributed by atoms with E-state index in [4.69, 9.17) is 23.2 Å². The minimum absolute atomic E-state index is 0.163. The maximum absolute atomic E-state index is 13.2. The van der Waals surface area contributed by atoms with Gasteiger partial charge in [-0.3, -0.25) is 9.36 Å². The molecule has 0 aliphatic rings. The van der Waals surface area contributed by atoms with Crippen LogP contribution in [0.25, 0.3) is 28.7 Å². The normalized spacial score (nSPS) is 11.3. The summed E-state index contributed by atoms with van der Waals surface area (Å²) >= 11 is 12.3. The Balaban J connectivity index is 1.95. The van der Waals surface area contributed by atoms with Gasteiger partial charge in [0.2, 0.25) is 0 Å². The molecule has 1 aromatic heterocycles. The van der Waals surface area contributed by atoms with Crippen LogP contribution in [0.1, 0.15) is 11.4 Å². The van der Waals surface area contributed by atoms with E-state index in [9.17, 15) is 4.79 Å². The highest BCUT2D eigenvalue weighted by atomic mass is 35.5. The Labute approximate surface area is 166 Å². The summed E-state index contributed by atoms with van der Waals surface area (Å²) in [6, 6.07) is 21.9. The largest absolute Gasteiger partial charge is 0.268 e. The molecule has 0 radical (unpaired) electrons. The number of halogens is 2. The second kappa shape index (κ2) is 7.39. The van der Waals surface area contributed by atoms with Crippen LogP contribution in [0.15, 0.2) is 77.6 Å². The zero-order valence-corrected chi connectivity index (χ0v) is 15.7. The summed E-state index contributed by atoms with van der Waals surface area (Å²) < 4.78 is 1.54. The minimum atomic E-state index is -0.163. The fourth-order valence-electron chi connectivity index (χ4n) is 2.87. The van der Waals surface area contributed by atoms with Gasteiger partial charge in [0.1, 0.15) is 5.82 Å². The summed E-state index contributed by atoms with van der Waals surface area (Å²) in [5.41, 5.74) is 2.02. The number of rotatable bonds is 3. The SMILES string of the molecule is O=c1c2ccccc2nc(C=Cc2ccc(Cl)cc2)n1-c1ccccc1Cl. The van der Waals surface area contributed by atoms with Crippen molar-refractivity contribution in [3.05, 3.63) is 105 Å². The molecular formula is C22H14Cl2N2O. The number of fused-ring (bicyclic) bond motifs is 1. The quantitative estimate of drug-likeness (QED) is 0.437. The Bertz CT molecular complexity index is 1210. The van der Waals surface area contributed by atoms with Crippen molar-refractivity contribution >= 4 is 46.3 Å². The number of nitrogens with zero attached hydrogens (tertiary/aromatic N) is 2. The van der Waals surface area contributed by atoms with Gasteiger partial charge in [-0.2, -0.15) is 0 Å². The number of para-hydroxylation sites is 2. The van der Waals surface area contributed by atoms with Gasteiger partial charge in [0.05, 0.1) is 21.6 Å². The molecule has 0 bridgehead atoms. The molecule has 132 valence electrons. The van der Waals surface area contributed by atoms with Gasteiger partial charge >= 0.3 is 0 Å². The molecule has 1 heterocycles. The fraction of sp³-hybridized carbons (Fsp3) is 0. The molecule has 0 saturated heterocycles. The van der Waals surface area contributed by atoms with Crippen molar-refractivity contribution in [1.29, 1.82) is 0 Å². The molecule has 0 unspecified atom stereocenters. The molecular weight excluding hydrogens is 379 g/mol. The zero-order valence-electron chi connectivity index (χ0n) is 14.1. The fourth-order valence-corrected chi connectivity index (χ4v) is 3.22. The monoisotopic (exact) mass is 392 g/mol. The van der Waals surface area contributed by atoms with Crippen LogP contribution in [0.5, 0.6) is 0 Å². The summed E-state index contributed by atoms with van der Waals surface area (Å²) in [5.74, 6) is 0.502. The standard InChI is InChI=1S/C22H14Cl2N2O/c23-16-12-9-15(10-13-16)11-14-21-25-19-7-3-1-5-17(19)22(27)26(21)20-8-4-2-6-18(20)24/h1-14H. The molecule has 3 nitrogen and oxygen atoms in total. The van der Waals surface area contributed by atoms with Crippen molar-refractivity contribution < 1.29 is 0 Å². The smallest absolute Gasteiger partial charge is 0.266 e. The number of hydrogen-bond donors (Lipinski definition) is 0. The average Bonchev–Trinajstić information content (AvgIpc) is 2.69. The molecule has 0 aliphatic heterocycles. The molecule has 3 aromatic carbocycles. The van der Waals surface area contributed by atoms with Gasteiger partial charge in [-0.05, 0) is 48.0 Å². The van der Waals surface area contributed by atoms with Crippen LogP contribution in [0.4, 0.5) is 0 Å². The average molecular weight is 393 g/mol. The molecule has 5 heteroatoms. The number of aromatic nitrogens is 2. The predicted molar refractivity (Wildman–Crippen MR) is 113 cm³/mol. The van der Waals surface area contributed by atoms with E-state index in [2.05, 4.69) is 4.98 Å². The predicted octanol–water partition coefficient (Wildman–Crippen LogP) is 5.86. The molecule has 4 rings (SSSR count). The first-order valence-corrected chi connectivity index (χ1v) is 9.09. The Morgan fingerprint density at radius 1 is 0.815 bits per heavy atom. The summed E-state index contributed by atoms with van der Waals surface area (Å²) in [6.45, 7) is 0. The van der Waals surface area contributed by atoms with Gasteiger partial charge in [-0.25, -0.2) is 4.98 Å². The zero-order chi connectivity index (χ0) is 18.8. The van der Waals surface area contributed by atoms with Crippen molar-refractivity contribution in [2.75, 3.05) is 0 Å². The molecule has 0 aliphatic carbocycles. The number of benzene rings is 3. The van der Waals surface area contributed by atoms with E-state index in [1.54, 1.807) is 24.3 Å². The van der Waals surface area contributed by atoms with Gasteiger partial charge in [0, 0.05) is 5.02 Å². The summed E-state index contributed by atoms with van der Waals surface area (Å²) in [7, 11) is 0. The van der Waals surface area contributed by atoms with E-state index < -0.39 is 0 Å². The van der Waals surface area contributed by atoms with E-state index in [0.717, 1.165) is 5.56 Å². The van der Waals surface area contributed by atoms with Crippen LogP contribution in [0.3, 0.4) is 0 Å². The number of hydrogen-bond acceptors (Lipinski definition) is 2. The van der Waals surface area contributed by atoms with Crippen molar-refractivity contribution in [1.82, 2.24) is 9.55 Å². The molecule has 0 saturated carbocycles. The van der Waals surface area contributed by atoms with Crippen LogP contribution >= 0.6 is 23.2 Å². The highest BCUT2D eigenvalue weighted by Crippen LogP contribution is 2.22. The lowest BCUT2D eigenvalue weighted by Gasteiger charge is -2.12. The highest BCUT2D eigenvalue weighted by Gasteiger charge is 2.13. The molecule has 0 spiro atoms. The summed E-state index contributed by atoms with van der Waals surface area (Å²) in [4.78, 5) is 17.8. The van der Waals surface area contributed by atoms with Gasteiger partial charge < -0.3 is 0 Å². The third-order valence-electron chi connectivity index (χ3n) is 4.19. The maximum atomic E-state index is 13.2. The first-order chi connectivity index (χ1) is 13.1. The third kappa shape index (κ3) is 3.52. The lowest BCUT2D eigenvalue weighted by molar-refractivity contribution is 0.944. The molecule has 0 N–H and O–H groups in total. The summed E-state index contributed by atoms with van der Waals surface area (Å²) in [5, 5.41) is 1.70. The minimum Gasteiger partial charge on any atom is -0.268 e. The van der Waals surface area contributed by atoms with Crippen LogP contribution < -0.4 is 5.56 Å². The van der Waals surface area contributed by atoms with E-state index in [1.165, 1.54) is 4.57 Å². The molecule has 0 fully saturated rings. The second-order valence-corrected chi connectivity index (χ2v) is 6.81. The van der Waals surface area contributed by atoms with Crippen LogP contribution in [0.2, 0.25) is 10.0 Å². The lowest BCUT2D eigenvalue weighted by atomic mass is 10.2. The molecule has 4 aromatic rings. The maximum Gasteiger partial charge on any atom is 0.266 e.